The van der Waals surface area contributed by atoms with Crippen LogP contribution in [0.2, 0.25) is 0 Å². The monoisotopic (exact) mass is 430 g/mol. The number of aliphatic carboxylic acids is 1. The smallest absolute Gasteiger partial charge is 0.416 e. The van der Waals surface area contributed by atoms with Crippen LogP contribution in [0.15, 0.2) is 59.2 Å². The number of carboxylic acids is 1. The Morgan fingerprint density at radius 1 is 1.13 bits per heavy atom. The van der Waals surface area contributed by atoms with E-state index in [9.17, 15) is 27.9 Å². The highest BCUT2D eigenvalue weighted by molar-refractivity contribution is 6.16. The van der Waals surface area contributed by atoms with Gasteiger partial charge in [-0.25, -0.2) is 9.80 Å². The maximum Gasteiger partial charge on any atom is 0.416 e. The molecule has 31 heavy (non-hydrogen) atoms. The summed E-state index contributed by atoms with van der Waals surface area (Å²) in [5.41, 5.74) is 1.59. The highest BCUT2D eigenvalue weighted by Crippen LogP contribution is 2.31. The fourth-order valence-electron chi connectivity index (χ4n) is 3.33. The SMILES string of the molecule is CCC1=NN(c2ccc(C)cc2)C(=O)C1C/C(=C/c1ccc(C(F)(F)F)cc1)C(=O)O. The number of hydrogen-bond donors (Lipinski definition) is 1. The van der Waals surface area contributed by atoms with Crippen molar-refractivity contribution >= 4 is 29.4 Å². The Bertz CT molecular complexity index is 1040. The van der Waals surface area contributed by atoms with Crippen LogP contribution in [0, 0.1) is 12.8 Å². The molecule has 0 spiro atoms. The van der Waals surface area contributed by atoms with Gasteiger partial charge in [-0.1, -0.05) is 36.8 Å². The van der Waals surface area contributed by atoms with Gasteiger partial charge in [-0.2, -0.15) is 18.3 Å². The number of carbonyl (C=O) groups is 2. The number of rotatable bonds is 6. The second-order valence-electron chi connectivity index (χ2n) is 7.28. The number of benzene rings is 2. The van der Waals surface area contributed by atoms with Crippen LogP contribution in [0.4, 0.5) is 18.9 Å². The van der Waals surface area contributed by atoms with E-state index >= 15 is 0 Å². The van der Waals surface area contributed by atoms with E-state index in [0.717, 1.165) is 17.7 Å². The van der Waals surface area contributed by atoms with Crippen molar-refractivity contribution in [1.82, 2.24) is 0 Å². The zero-order valence-corrected chi connectivity index (χ0v) is 17.0. The first-order chi connectivity index (χ1) is 14.6. The summed E-state index contributed by atoms with van der Waals surface area (Å²) in [6.45, 7) is 3.75. The number of carboxylic acid groups (broad SMARTS) is 1. The van der Waals surface area contributed by atoms with Gasteiger partial charge in [0.15, 0.2) is 0 Å². The van der Waals surface area contributed by atoms with Crippen LogP contribution in [-0.2, 0) is 15.8 Å². The Labute approximate surface area is 177 Å². The van der Waals surface area contributed by atoms with Crippen molar-refractivity contribution in [3.05, 3.63) is 70.8 Å². The van der Waals surface area contributed by atoms with Crippen molar-refractivity contribution in [2.24, 2.45) is 11.0 Å². The van der Waals surface area contributed by atoms with E-state index in [1.807, 2.05) is 26.0 Å². The molecule has 1 aliphatic rings. The molecule has 1 heterocycles. The molecule has 8 heteroatoms. The molecule has 1 unspecified atom stereocenters. The third-order valence-electron chi connectivity index (χ3n) is 5.06. The molecule has 5 nitrogen and oxygen atoms in total. The number of aryl methyl sites for hydroxylation is 1. The molecule has 1 atom stereocenters. The third kappa shape index (κ3) is 5.02. The molecule has 1 amide bonds. The van der Waals surface area contributed by atoms with Gasteiger partial charge in [0, 0.05) is 5.57 Å². The average molecular weight is 430 g/mol. The predicted molar refractivity (Wildman–Crippen MR) is 112 cm³/mol. The molecule has 0 aliphatic carbocycles. The van der Waals surface area contributed by atoms with E-state index in [-0.39, 0.29) is 17.9 Å². The second kappa shape index (κ2) is 8.75. The lowest BCUT2D eigenvalue weighted by molar-refractivity contribution is -0.137. The number of halogens is 3. The summed E-state index contributed by atoms with van der Waals surface area (Å²) in [5, 5.41) is 15.3. The zero-order chi connectivity index (χ0) is 22.8. The van der Waals surface area contributed by atoms with Gasteiger partial charge in [0.25, 0.3) is 5.91 Å². The Morgan fingerprint density at radius 3 is 2.26 bits per heavy atom. The Balaban J connectivity index is 1.86. The summed E-state index contributed by atoms with van der Waals surface area (Å²) >= 11 is 0. The van der Waals surface area contributed by atoms with Crippen molar-refractivity contribution in [2.75, 3.05) is 5.01 Å². The lowest BCUT2D eigenvalue weighted by Gasteiger charge is -2.15. The van der Waals surface area contributed by atoms with Gasteiger partial charge in [0.05, 0.1) is 22.9 Å². The van der Waals surface area contributed by atoms with Gasteiger partial charge in [-0.05, 0) is 55.7 Å². The molecule has 162 valence electrons. The highest BCUT2D eigenvalue weighted by Gasteiger charge is 2.37. The molecular weight excluding hydrogens is 409 g/mol. The van der Waals surface area contributed by atoms with Gasteiger partial charge >= 0.3 is 12.1 Å². The van der Waals surface area contributed by atoms with E-state index in [2.05, 4.69) is 5.10 Å². The molecule has 3 rings (SSSR count). The van der Waals surface area contributed by atoms with Crippen LogP contribution in [0.3, 0.4) is 0 Å². The summed E-state index contributed by atoms with van der Waals surface area (Å²) in [4.78, 5) is 24.8. The average Bonchev–Trinajstić information content (AvgIpc) is 3.03. The standard InChI is InChI=1S/C23H21F3N2O3/c1-3-20-19(21(29)28(27-20)18-10-4-14(2)5-11-18)13-16(22(30)31)12-15-6-8-17(9-7-15)23(24,25)26/h4-12,19H,3,13H2,1-2H3,(H,30,31)/b16-12-. The molecule has 2 aromatic carbocycles. The van der Waals surface area contributed by atoms with Crippen molar-refractivity contribution < 1.29 is 27.9 Å². The first-order valence-corrected chi connectivity index (χ1v) is 9.69. The molecule has 0 saturated carbocycles. The molecule has 1 aliphatic heterocycles. The normalized spacial score (nSPS) is 17.1. The maximum atomic E-state index is 13.0. The fraction of sp³-hybridized carbons (Fsp3) is 0.261. The second-order valence-corrected chi connectivity index (χ2v) is 7.28. The van der Waals surface area contributed by atoms with Crippen LogP contribution < -0.4 is 5.01 Å². The van der Waals surface area contributed by atoms with E-state index in [4.69, 9.17) is 0 Å². The quantitative estimate of drug-likeness (QED) is 0.632. The predicted octanol–water partition coefficient (Wildman–Crippen LogP) is 5.30. The third-order valence-corrected chi connectivity index (χ3v) is 5.06. The summed E-state index contributed by atoms with van der Waals surface area (Å²) in [5.74, 6) is -2.32. The van der Waals surface area contributed by atoms with Crippen molar-refractivity contribution in [2.45, 2.75) is 32.9 Å². The summed E-state index contributed by atoms with van der Waals surface area (Å²) < 4.78 is 38.2. The summed E-state index contributed by atoms with van der Waals surface area (Å²) in [6.07, 6.45) is -2.83. The molecular formula is C23H21F3N2O3. The number of hydrazone groups is 1. The fourth-order valence-corrected chi connectivity index (χ4v) is 3.33. The van der Waals surface area contributed by atoms with Crippen LogP contribution in [0.25, 0.3) is 6.08 Å². The summed E-state index contributed by atoms with van der Waals surface area (Å²) in [6, 6.07) is 11.4. The van der Waals surface area contributed by atoms with Gasteiger partial charge in [-0.3, -0.25) is 4.79 Å². The topological polar surface area (TPSA) is 70.0 Å². The Morgan fingerprint density at radius 2 is 1.74 bits per heavy atom. The van der Waals surface area contributed by atoms with E-state index < -0.39 is 23.6 Å². The van der Waals surface area contributed by atoms with Crippen LogP contribution in [-0.4, -0.2) is 22.7 Å². The number of amides is 1. The molecule has 0 aromatic heterocycles. The van der Waals surface area contributed by atoms with Crippen molar-refractivity contribution in [1.29, 1.82) is 0 Å². The first-order valence-electron chi connectivity index (χ1n) is 9.69. The van der Waals surface area contributed by atoms with Crippen molar-refractivity contribution in [3.63, 3.8) is 0 Å². The molecule has 2 aromatic rings. The van der Waals surface area contributed by atoms with E-state index in [1.165, 1.54) is 23.2 Å². The van der Waals surface area contributed by atoms with E-state index in [0.29, 0.717) is 23.4 Å². The van der Waals surface area contributed by atoms with Crippen LogP contribution >= 0.6 is 0 Å². The molecule has 0 saturated heterocycles. The van der Waals surface area contributed by atoms with Crippen molar-refractivity contribution in [3.8, 4) is 0 Å². The lowest BCUT2D eigenvalue weighted by atomic mass is 9.92. The maximum absolute atomic E-state index is 13.0. The molecule has 0 bridgehead atoms. The largest absolute Gasteiger partial charge is 0.478 e. The molecule has 0 radical (unpaired) electrons. The number of alkyl halides is 3. The first kappa shape index (κ1) is 22.3. The van der Waals surface area contributed by atoms with Gasteiger partial charge in [0.2, 0.25) is 0 Å². The highest BCUT2D eigenvalue weighted by atomic mass is 19.4. The number of carbonyl (C=O) groups excluding carboxylic acids is 1. The van der Waals surface area contributed by atoms with Gasteiger partial charge < -0.3 is 5.11 Å². The van der Waals surface area contributed by atoms with Gasteiger partial charge in [0.1, 0.15) is 0 Å². The minimum atomic E-state index is -4.47. The van der Waals surface area contributed by atoms with E-state index in [1.54, 1.807) is 12.1 Å². The Kier molecular flexibility index (Phi) is 6.29. The van der Waals surface area contributed by atoms with Crippen LogP contribution in [0.5, 0.6) is 0 Å². The molecule has 0 fully saturated rings. The number of anilines is 1. The minimum Gasteiger partial charge on any atom is -0.478 e. The van der Waals surface area contributed by atoms with Gasteiger partial charge in [-0.15, -0.1) is 0 Å². The number of hydrogen-bond acceptors (Lipinski definition) is 3. The van der Waals surface area contributed by atoms with Crippen LogP contribution in [0.1, 0.15) is 36.5 Å². The Hall–Kier alpha value is -3.42. The number of nitrogens with zero attached hydrogens (tertiary/aromatic N) is 2. The minimum absolute atomic E-state index is 0.0787. The zero-order valence-electron chi connectivity index (χ0n) is 17.0. The summed E-state index contributed by atoms with van der Waals surface area (Å²) in [7, 11) is 0. The lowest BCUT2D eigenvalue weighted by Crippen LogP contribution is -2.28. The molecule has 1 N–H and O–H groups in total.